The van der Waals surface area contributed by atoms with Gasteiger partial charge in [-0.05, 0) is 44.3 Å². The average molecular weight is 474 g/mol. The molecule has 1 fully saturated rings. The molecule has 0 N–H and O–H groups in total. The molecular formula is C23H31N5O4S. The first kappa shape index (κ1) is 24.8. The molecule has 2 heterocycles. The van der Waals surface area contributed by atoms with Crippen LogP contribution in [0.5, 0.6) is 0 Å². The van der Waals surface area contributed by atoms with Crippen LogP contribution in [0, 0.1) is 6.92 Å². The number of rotatable bonds is 9. The van der Waals surface area contributed by atoms with Gasteiger partial charge in [0.05, 0.1) is 11.8 Å². The van der Waals surface area contributed by atoms with E-state index in [4.69, 9.17) is 4.74 Å². The van der Waals surface area contributed by atoms with Gasteiger partial charge < -0.3 is 19.4 Å². The van der Waals surface area contributed by atoms with Crippen LogP contribution >= 0.6 is 11.5 Å². The summed E-state index contributed by atoms with van der Waals surface area (Å²) < 4.78 is 9.80. The number of hydrogen-bond acceptors (Lipinski definition) is 7. The molecule has 1 atom stereocenters. The van der Waals surface area contributed by atoms with Gasteiger partial charge in [-0.1, -0.05) is 34.8 Å². The second kappa shape index (κ2) is 11.9. The monoisotopic (exact) mass is 473 g/mol. The van der Waals surface area contributed by atoms with Crippen LogP contribution in [-0.2, 0) is 20.7 Å². The van der Waals surface area contributed by atoms with Crippen LogP contribution < -0.4 is 0 Å². The van der Waals surface area contributed by atoms with Crippen molar-refractivity contribution in [2.24, 2.45) is 0 Å². The normalized spacial score (nSPS) is 16.6. The van der Waals surface area contributed by atoms with E-state index in [-0.39, 0.29) is 37.4 Å². The standard InChI is InChI=1S/C23H31N5O4S/c1-4-26(5-2)21(30)16-32-19-13-27(12-11-18-9-7-6-8-10-18)20(29)15-28(14-19)23(31)22-17(3)24-25-33-22/h6-10,19H,4-5,11-16H2,1-3H3/t19-/m1/s1. The predicted molar refractivity (Wildman–Crippen MR) is 125 cm³/mol. The Morgan fingerprint density at radius 2 is 1.91 bits per heavy atom. The Bertz CT molecular complexity index is 947. The summed E-state index contributed by atoms with van der Waals surface area (Å²) in [5, 5.41) is 3.91. The number of carbonyl (C=O) groups is 3. The molecule has 0 unspecified atom stereocenters. The lowest BCUT2D eigenvalue weighted by Crippen LogP contribution is -2.41. The zero-order valence-corrected chi connectivity index (χ0v) is 20.2. The molecule has 0 saturated carbocycles. The van der Waals surface area contributed by atoms with Gasteiger partial charge in [0.15, 0.2) is 0 Å². The predicted octanol–water partition coefficient (Wildman–Crippen LogP) is 1.63. The smallest absolute Gasteiger partial charge is 0.268 e. The molecule has 1 aliphatic heterocycles. The quantitative estimate of drug-likeness (QED) is 0.549. The van der Waals surface area contributed by atoms with Gasteiger partial charge in [-0.3, -0.25) is 14.4 Å². The Morgan fingerprint density at radius 3 is 2.55 bits per heavy atom. The maximum Gasteiger partial charge on any atom is 0.268 e. The van der Waals surface area contributed by atoms with E-state index in [0.29, 0.717) is 43.2 Å². The van der Waals surface area contributed by atoms with Gasteiger partial charge in [-0.25, -0.2) is 0 Å². The number of ether oxygens (including phenoxy) is 1. The van der Waals surface area contributed by atoms with E-state index in [0.717, 1.165) is 17.1 Å². The summed E-state index contributed by atoms with van der Waals surface area (Å²) in [4.78, 5) is 44.0. The zero-order valence-electron chi connectivity index (χ0n) is 19.4. The van der Waals surface area contributed by atoms with Crippen molar-refractivity contribution in [1.82, 2.24) is 24.3 Å². The molecule has 10 heteroatoms. The summed E-state index contributed by atoms with van der Waals surface area (Å²) in [6.45, 7) is 7.68. The Morgan fingerprint density at radius 1 is 1.18 bits per heavy atom. The van der Waals surface area contributed by atoms with Crippen LogP contribution in [0.4, 0.5) is 0 Å². The van der Waals surface area contributed by atoms with Crippen molar-refractivity contribution in [2.45, 2.75) is 33.3 Å². The van der Waals surface area contributed by atoms with Crippen molar-refractivity contribution in [3.63, 3.8) is 0 Å². The van der Waals surface area contributed by atoms with E-state index >= 15 is 0 Å². The van der Waals surface area contributed by atoms with E-state index in [1.807, 2.05) is 44.2 Å². The zero-order chi connectivity index (χ0) is 23.8. The van der Waals surface area contributed by atoms with Crippen molar-refractivity contribution in [3.05, 3.63) is 46.5 Å². The molecule has 1 aromatic heterocycles. The number of aromatic nitrogens is 2. The maximum atomic E-state index is 13.1. The summed E-state index contributed by atoms with van der Waals surface area (Å²) >= 11 is 1.02. The van der Waals surface area contributed by atoms with Gasteiger partial charge >= 0.3 is 0 Å². The fraction of sp³-hybridized carbons (Fsp3) is 0.522. The molecular weight excluding hydrogens is 442 g/mol. The lowest BCUT2D eigenvalue weighted by Gasteiger charge is -2.26. The minimum Gasteiger partial charge on any atom is -0.365 e. The van der Waals surface area contributed by atoms with Crippen molar-refractivity contribution in [3.8, 4) is 0 Å². The summed E-state index contributed by atoms with van der Waals surface area (Å²) in [5.41, 5.74) is 1.67. The van der Waals surface area contributed by atoms with E-state index < -0.39 is 6.10 Å². The minimum absolute atomic E-state index is 0.0468. The van der Waals surface area contributed by atoms with Crippen molar-refractivity contribution in [2.75, 3.05) is 45.9 Å². The van der Waals surface area contributed by atoms with E-state index in [2.05, 4.69) is 9.59 Å². The minimum atomic E-state index is -0.475. The summed E-state index contributed by atoms with van der Waals surface area (Å²) in [7, 11) is 0. The average Bonchev–Trinajstić information content (AvgIpc) is 3.18. The van der Waals surface area contributed by atoms with Gasteiger partial charge in [-0.2, -0.15) is 0 Å². The first-order valence-electron chi connectivity index (χ1n) is 11.2. The lowest BCUT2D eigenvalue weighted by atomic mass is 10.1. The van der Waals surface area contributed by atoms with Crippen LogP contribution in [0.2, 0.25) is 0 Å². The molecule has 0 bridgehead atoms. The number of benzene rings is 1. The lowest BCUT2D eigenvalue weighted by molar-refractivity contribution is -0.138. The molecule has 0 radical (unpaired) electrons. The summed E-state index contributed by atoms with van der Waals surface area (Å²) in [5.74, 6) is -0.535. The number of nitrogens with zero attached hydrogens (tertiary/aromatic N) is 5. The third-order valence-electron chi connectivity index (χ3n) is 5.73. The largest absolute Gasteiger partial charge is 0.365 e. The molecule has 1 aliphatic rings. The van der Waals surface area contributed by atoms with Gasteiger partial charge in [0.2, 0.25) is 11.8 Å². The number of amides is 3. The number of carbonyl (C=O) groups excluding carboxylic acids is 3. The van der Waals surface area contributed by atoms with E-state index in [9.17, 15) is 14.4 Å². The Kier molecular flexibility index (Phi) is 8.90. The summed E-state index contributed by atoms with van der Waals surface area (Å²) in [6, 6.07) is 9.94. The van der Waals surface area contributed by atoms with E-state index in [1.165, 1.54) is 4.90 Å². The van der Waals surface area contributed by atoms with Crippen molar-refractivity contribution < 1.29 is 19.1 Å². The van der Waals surface area contributed by atoms with Crippen molar-refractivity contribution in [1.29, 1.82) is 0 Å². The van der Waals surface area contributed by atoms with Crippen molar-refractivity contribution >= 4 is 29.3 Å². The summed E-state index contributed by atoms with van der Waals surface area (Å²) in [6.07, 6.45) is 0.223. The Labute approximate surface area is 198 Å². The molecule has 0 spiro atoms. The topological polar surface area (TPSA) is 95.9 Å². The number of likely N-dealkylation sites (N-methyl/N-ethyl adjacent to an activating group) is 1. The van der Waals surface area contributed by atoms with Crippen LogP contribution in [0.1, 0.15) is 34.8 Å². The fourth-order valence-electron chi connectivity index (χ4n) is 3.79. The molecule has 33 heavy (non-hydrogen) atoms. The molecule has 1 aromatic carbocycles. The third-order valence-corrected chi connectivity index (χ3v) is 6.55. The van der Waals surface area contributed by atoms with Gasteiger partial charge in [-0.15, -0.1) is 5.10 Å². The number of hydrogen-bond donors (Lipinski definition) is 0. The second-order valence-corrected chi connectivity index (χ2v) is 8.70. The highest BCUT2D eigenvalue weighted by Gasteiger charge is 2.33. The molecule has 178 valence electrons. The van der Waals surface area contributed by atoms with Gasteiger partial charge in [0.25, 0.3) is 5.91 Å². The molecule has 3 rings (SSSR count). The van der Waals surface area contributed by atoms with Gasteiger partial charge in [0.1, 0.15) is 18.0 Å². The first-order chi connectivity index (χ1) is 15.9. The van der Waals surface area contributed by atoms with Crippen LogP contribution in [0.25, 0.3) is 0 Å². The molecule has 2 aromatic rings. The number of aryl methyl sites for hydroxylation is 1. The molecule has 1 saturated heterocycles. The SMILES string of the molecule is CCN(CC)C(=O)CO[C@@H]1CN(CCc2ccccc2)C(=O)CN(C(=O)c2snnc2C)C1. The highest BCUT2D eigenvalue weighted by atomic mass is 32.1. The van der Waals surface area contributed by atoms with Crippen LogP contribution in [0.15, 0.2) is 30.3 Å². The first-order valence-corrected chi connectivity index (χ1v) is 12.0. The van der Waals surface area contributed by atoms with E-state index in [1.54, 1.807) is 16.7 Å². The Balaban J connectivity index is 1.74. The Hall–Kier alpha value is -2.85. The second-order valence-electron chi connectivity index (χ2n) is 7.95. The highest BCUT2D eigenvalue weighted by Crippen LogP contribution is 2.17. The molecule has 9 nitrogen and oxygen atoms in total. The molecule has 0 aliphatic carbocycles. The molecule has 3 amide bonds. The van der Waals surface area contributed by atoms with Crippen LogP contribution in [-0.4, -0.2) is 94.0 Å². The van der Waals surface area contributed by atoms with Gasteiger partial charge in [0, 0.05) is 32.7 Å². The maximum absolute atomic E-state index is 13.1. The fourth-order valence-corrected chi connectivity index (χ4v) is 4.42. The third kappa shape index (κ3) is 6.58. The highest BCUT2D eigenvalue weighted by molar-refractivity contribution is 7.07. The van der Waals surface area contributed by atoms with Crippen LogP contribution in [0.3, 0.4) is 0 Å².